The highest BCUT2D eigenvalue weighted by atomic mass is 127. The molecule has 0 spiro atoms. The van der Waals surface area contributed by atoms with Gasteiger partial charge < -0.3 is 4.74 Å². The summed E-state index contributed by atoms with van der Waals surface area (Å²) in [6, 6.07) is 4.38. The number of hydrogen-bond acceptors (Lipinski definition) is 5. The molecular formula is C9H5IN2O4. The van der Waals surface area contributed by atoms with Crippen molar-refractivity contribution in [2.24, 2.45) is 0 Å². The maximum absolute atomic E-state index is 11.3. The van der Waals surface area contributed by atoms with Gasteiger partial charge in [-0.1, -0.05) is 0 Å². The van der Waals surface area contributed by atoms with Gasteiger partial charge in [0.15, 0.2) is 0 Å². The Bertz CT molecular complexity index is 507. The van der Waals surface area contributed by atoms with Crippen molar-refractivity contribution in [3.8, 4) is 6.07 Å². The van der Waals surface area contributed by atoms with Crippen molar-refractivity contribution < 1.29 is 14.5 Å². The molecule has 0 atom stereocenters. The minimum atomic E-state index is -0.768. The van der Waals surface area contributed by atoms with Crippen LogP contribution in [0.25, 0.3) is 0 Å². The second-order valence-corrected chi connectivity index (χ2v) is 3.84. The smallest absolute Gasteiger partial charge is 0.339 e. The second kappa shape index (κ2) is 4.89. The highest BCUT2D eigenvalue weighted by Gasteiger charge is 2.25. The Hall–Kier alpha value is -1.69. The number of nitriles is 1. The largest absolute Gasteiger partial charge is 0.465 e. The minimum Gasteiger partial charge on any atom is -0.465 e. The Morgan fingerprint density at radius 1 is 1.62 bits per heavy atom. The zero-order valence-corrected chi connectivity index (χ0v) is 10.2. The average Bonchev–Trinajstić information content (AvgIpc) is 2.26. The number of benzene rings is 1. The van der Waals surface area contributed by atoms with Crippen molar-refractivity contribution >= 4 is 34.2 Å². The van der Waals surface area contributed by atoms with E-state index < -0.39 is 10.9 Å². The average molecular weight is 332 g/mol. The first-order valence-electron chi connectivity index (χ1n) is 3.98. The first-order valence-corrected chi connectivity index (χ1v) is 5.06. The third-order valence-corrected chi connectivity index (χ3v) is 2.70. The summed E-state index contributed by atoms with van der Waals surface area (Å²) in [6.07, 6.45) is 0. The summed E-state index contributed by atoms with van der Waals surface area (Å²) in [5.74, 6) is -0.768. The van der Waals surface area contributed by atoms with Crippen molar-refractivity contribution in [1.82, 2.24) is 0 Å². The van der Waals surface area contributed by atoms with Crippen LogP contribution in [-0.2, 0) is 4.74 Å². The molecule has 0 unspecified atom stereocenters. The fourth-order valence-electron chi connectivity index (χ4n) is 1.14. The number of esters is 1. The number of halogens is 1. The van der Waals surface area contributed by atoms with Crippen LogP contribution in [0.15, 0.2) is 12.1 Å². The number of hydrogen-bond donors (Lipinski definition) is 0. The number of nitro groups is 1. The molecule has 0 aliphatic heterocycles. The molecule has 7 heteroatoms. The van der Waals surface area contributed by atoms with Gasteiger partial charge in [-0.25, -0.2) is 4.79 Å². The monoisotopic (exact) mass is 332 g/mol. The number of carbonyl (C=O) groups excluding carboxylic acids is 1. The number of carbonyl (C=O) groups is 1. The Balaban J connectivity index is 3.57. The number of ether oxygens (including phenoxy) is 1. The first kappa shape index (κ1) is 12.4. The third kappa shape index (κ3) is 2.11. The summed E-state index contributed by atoms with van der Waals surface area (Å²) in [4.78, 5) is 21.4. The lowest BCUT2D eigenvalue weighted by molar-refractivity contribution is -0.386. The Labute approximate surface area is 104 Å². The second-order valence-electron chi connectivity index (χ2n) is 2.68. The molecule has 0 amide bonds. The van der Waals surface area contributed by atoms with Crippen molar-refractivity contribution in [3.05, 3.63) is 36.9 Å². The van der Waals surface area contributed by atoms with Gasteiger partial charge in [0.05, 0.1) is 21.2 Å². The normalized spacial score (nSPS) is 9.31. The van der Waals surface area contributed by atoms with Crippen LogP contribution in [-0.4, -0.2) is 18.0 Å². The van der Waals surface area contributed by atoms with E-state index in [9.17, 15) is 14.9 Å². The van der Waals surface area contributed by atoms with Gasteiger partial charge >= 0.3 is 11.7 Å². The zero-order valence-electron chi connectivity index (χ0n) is 8.06. The van der Waals surface area contributed by atoms with Gasteiger partial charge in [-0.2, -0.15) is 5.26 Å². The molecule has 0 saturated carbocycles. The van der Waals surface area contributed by atoms with E-state index in [1.165, 1.54) is 12.1 Å². The van der Waals surface area contributed by atoms with Crippen LogP contribution >= 0.6 is 22.6 Å². The number of nitrogens with zero attached hydrogens (tertiary/aromatic N) is 2. The molecule has 0 aliphatic carbocycles. The van der Waals surface area contributed by atoms with Gasteiger partial charge in [-0.3, -0.25) is 10.1 Å². The summed E-state index contributed by atoms with van der Waals surface area (Å²) in [6.45, 7) is 0. The van der Waals surface area contributed by atoms with Crippen LogP contribution < -0.4 is 0 Å². The highest BCUT2D eigenvalue weighted by molar-refractivity contribution is 14.1. The molecule has 82 valence electrons. The van der Waals surface area contributed by atoms with Crippen LogP contribution in [0.4, 0.5) is 5.69 Å². The Morgan fingerprint density at radius 3 is 2.69 bits per heavy atom. The molecule has 0 N–H and O–H groups in total. The Morgan fingerprint density at radius 2 is 2.25 bits per heavy atom. The van der Waals surface area contributed by atoms with Crippen LogP contribution in [0, 0.1) is 25.0 Å². The zero-order chi connectivity index (χ0) is 12.3. The fourth-order valence-corrected chi connectivity index (χ4v) is 1.78. The van der Waals surface area contributed by atoms with Crippen molar-refractivity contribution in [2.75, 3.05) is 7.11 Å². The van der Waals surface area contributed by atoms with Gasteiger partial charge in [-0.15, -0.1) is 0 Å². The Kier molecular flexibility index (Phi) is 3.78. The van der Waals surface area contributed by atoms with Crippen molar-refractivity contribution in [2.45, 2.75) is 0 Å². The molecule has 0 aliphatic rings. The molecule has 0 fully saturated rings. The van der Waals surface area contributed by atoms with E-state index in [1.807, 2.05) is 0 Å². The summed E-state index contributed by atoms with van der Waals surface area (Å²) < 4.78 is 4.74. The molecule has 6 nitrogen and oxygen atoms in total. The van der Waals surface area contributed by atoms with Gasteiger partial charge in [0, 0.05) is 0 Å². The van der Waals surface area contributed by atoms with Crippen LogP contribution in [0.3, 0.4) is 0 Å². The lowest BCUT2D eigenvalue weighted by Crippen LogP contribution is -2.07. The molecule has 16 heavy (non-hydrogen) atoms. The minimum absolute atomic E-state index is 0.0999. The van der Waals surface area contributed by atoms with Crippen LogP contribution in [0.5, 0.6) is 0 Å². The molecule has 1 aromatic rings. The molecule has 0 saturated heterocycles. The number of methoxy groups -OCH3 is 1. The molecule has 1 rings (SSSR count). The van der Waals surface area contributed by atoms with E-state index in [-0.39, 0.29) is 16.8 Å². The third-order valence-electron chi connectivity index (χ3n) is 1.83. The predicted molar refractivity (Wildman–Crippen MR) is 61.9 cm³/mol. The lowest BCUT2D eigenvalue weighted by atomic mass is 10.1. The van der Waals surface area contributed by atoms with Crippen molar-refractivity contribution in [3.63, 3.8) is 0 Å². The molecule has 0 radical (unpaired) electrons. The number of rotatable bonds is 2. The standard InChI is InChI=1S/C9H5IN2O4/c1-16-9(13)5-2-3-7(10)8(12(14)15)6(5)4-11/h2-3H,1H3. The SMILES string of the molecule is COC(=O)c1ccc(I)c([N+](=O)[O-])c1C#N. The molecular weight excluding hydrogens is 327 g/mol. The summed E-state index contributed by atoms with van der Waals surface area (Å²) in [5.41, 5.74) is -0.744. The maximum atomic E-state index is 11.3. The molecule has 0 heterocycles. The van der Waals surface area contributed by atoms with E-state index >= 15 is 0 Å². The fraction of sp³-hybridized carbons (Fsp3) is 0.111. The van der Waals surface area contributed by atoms with Crippen molar-refractivity contribution in [1.29, 1.82) is 5.26 Å². The highest BCUT2D eigenvalue weighted by Crippen LogP contribution is 2.28. The lowest BCUT2D eigenvalue weighted by Gasteiger charge is -2.03. The quantitative estimate of drug-likeness (QED) is 0.357. The van der Waals surface area contributed by atoms with E-state index in [0.717, 1.165) is 7.11 Å². The topological polar surface area (TPSA) is 93.2 Å². The van der Waals surface area contributed by atoms with Gasteiger partial charge in [0.25, 0.3) is 0 Å². The van der Waals surface area contributed by atoms with E-state index in [1.54, 1.807) is 28.7 Å². The van der Waals surface area contributed by atoms with E-state index in [2.05, 4.69) is 4.74 Å². The number of nitro benzene ring substituents is 1. The van der Waals surface area contributed by atoms with Crippen LogP contribution in [0.2, 0.25) is 0 Å². The van der Waals surface area contributed by atoms with Crippen LogP contribution in [0.1, 0.15) is 15.9 Å². The first-order chi connectivity index (χ1) is 7.52. The van der Waals surface area contributed by atoms with E-state index in [0.29, 0.717) is 3.57 Å². The summed E-state index contributed by atoms with van der Waals surface area (Å²) in [5, 5.41) is 19.6. The predicted octanol–water partition coefficient (Wildman–Crippen LogP) is 1.86. The molecule has 0 aromatic heterocycles. The van der Waals surface area contributed by atoms with Gasteiger partial charge in [0.2, 0.25) is 0 Å². The summed E-state index contributed by atoms with van der Waals surface area (Å²) >= 11 is 1.73. The summed E-state index contributed by atoms with van der Waals surface area (Å²) in [7, 11) is 1.15. The van der Waals surface area contributed by atoms with Gasteiger partial charge in [-0.05, 0) is 34.7 Å². The maximum Gasteiger partial charge on any atom is 0.339 e. The van der Waals surface area contributed by atoms with E-state index in [4.69, 9.17) is 5.26 Å². The van der Waals surface area contributed by atoms with Gasteiger partial charge in [0.1, 0.15) is 11.6 Å². The molecule has 0 bridgehead atoms. The molecule has 1 aromatic carbocycles.